The second kappa shape index (κ2) is 7.68. The highest BCUT2D eigenvalue weighted by Gasteiger charge is 2.24. The summed E-state index contributed by atoms with van der Waals surface area (Å²) in [5.74, 6) is 0.502. The maximum atomic E-state index is 12.4. The maximum Gasteiger partial charge on any atom is 0.236 e. The Morgan fingerprint density at radius 2 is 1.84 bits per heavy atom. The minimum absolute atomic E-state index is 0.0931. The van der Waals surface area contributed by atoms with Crippen LogP contribution in [0.5, 0.6) is 0 Å². The van der Waals surface area contributed by atoms with E-state index in [-0.39, 0.29) is 10.7 Å². The third-order valence-corrected chi connectivity index (χ3v) is 4.57. The second-order valence-corrected chi connectivity index (χ2v) is 6.38. The SMILES string of the molecule is CCCN(Cc1ccc(C)cc1)C(=O)C(Br)C(C)C. The summed E-state index contributed by atoms with van der Waals surface area (Å²) in [5.41, 5.74) is 2.44. The van der Waals surface area contributed by atoms with Crippen molar-refractivity contribution in [3.8, 4) is 0 Å². The van der Waals surface area contributed by atoms with Gasteiger partial charge >= 0.3 is 0 Å². The fourth-order valence-electron chi connectivity index (χ4n) is 1.91. The summed E-state index contributed by atoms with van der Waals surface area (Å²) < 4.78 is 0. The number of halogens is 1. The van der Waals surface area contributed by atoms with Gasteiger partial charge in [-0.05, 0) is 24.8 Å². The summed E-state index contributed by atoms with van der Waals surface area (Å²) in [5, 5.41) is 0. The summed E-state index contributed by atoms with van der Waals surface area (Å²) in [7, 11) is 0. The van der Waals surface area contributed by atoms with Gasteiger partial charge in [-0.3, -0.25) is 4.79 Å². The lowest BCUT2D eigenvalue weighted by Gasteiger charge is -2.26. The molecule has 0 spiro atoms. The zero-order chi connectivity index (χ0) is 14.4. The minimum Gasteiger partial charge on any atom is -0.337 e. The molecule has 1 aromatic carbocycles. The third kappa shape index (κ3) is 4.98. The molecule has 2 nitrogen and oxygen atoms in total. The zero-order valence-corrected chi connectivity index (χ0v) is 13.9. The Hall–Kier alpha value is -0.830. The largest absolute Gasteiger partial charge is 0.337 e. The van der Waals surface area contributed by atoms with Crippen LogP contribution in [0.1, 0.15) is 38.3 Å². The Kier molecular flexibility index (Phi) is 6.56. The molecule has 3 heteroatoms. The third-order valence-electron chi connectivity index (χ3n) is 3.12. The molecular formula is C16H24BrNO. The summed E-state index contributed by atoms with van der Waals surface area (Å²) >= 11 is 3.51. The van der Waals surface area contributed by atoms with E-state index in [4.69, 9.17) is 0 Å². The molecule has 1 atom stereocenters. The van der Waals surface area contributed by atoms with E-state index in [1.54, 1.807) is 0 Å². The van der Waals surface area contributed by atoms with Gasteiger partial charge in [-0.15, -0.1) is 0 Å². The molecule has 0 saturated carbocycles. The molecule has 1 amide bonds. The lowest BCUT2D eigenvalue weighted by Crippen LogP contribution is -2.38. The number of rotatable bonds is 6. The average molecular weight is 326 g/mol. The predicted molar refractivity (Wildman–Crippen MR) is 84.4 cm³/mol. The van der Waals surface area contributed by atoms with Gasteiger partial charge in [0.15, 0.2) is 0 Å². The van der Waals surface area contributed by atoms with E-state index >= 15 is 0 Å². The highest BCUT2D eigenvalue weighted by atomic mass is 79.9. The standard InChI is InChI=1S/C16H24BrNO/c1-5-10-18(16(19)15(17)12(2)3)11-14-8-6-13(4)7-9-14/h6-9,12,15H,5,10-11H2,1-4H3. The number of carbonyl (C=O) groups excluding carboxylic acids is 1. The molecular weight excluding hydrogens is 302 g/mol. The molecule has 0 aliphatic heterocycles. The van der Waals surface area contributed by atoms with Crippen LogP contribution in [-0.4, -0.2) is 22.2 Å². The van der Waals surface area contributed by atoms with Gasteiger partial charge < -0.3 is 4.90 Å². The van der Waals surface area contributed by atoms with Crippen LogP contribution >= 0.6 is 15.9 Å². The van der Waals surface area contributed by atoms with Crippen molar-refractivity contribution < 1.29 is 4.79 Å². The molecule has 0 heterocycles. The van der Waals surface area contributed by atoms with Crippen LogP contribution in [0.3, 0.4) is 0 Å². The molecule has 106 valence electrons. The second-order valence-electron chi connectivity index (χ2n) is 5.39. The first-order valence-electron chi connectivity index (χ1n) is 6.94. The number of nitrogens with zero attached hydrogens (tertiary/aromatic N) is 1. The van der Waals surface area contributed by atoms with Gasteiger partial charge in [-0.1, -0.05) is 66.5 Å². The lowest BCUT2D eigenvalue weighted by atomic mass is 10.1. The van der Waals surface area contributed by atoms with Crippen molar-refractivity contribution in [3.05, 3.63) is 35.4 Å². The number of benzene rings is 1. The summed E-state index contributed by atoms with van der Waals surface area (Å²) in [4.78, 5) is 14.3. The molecule has 1 rings (SSSR count). The van der Waals surface area contributed by atoms with Gasteiger partial charge in [0.25, 0.3) is 0 Å². The van der Waals surface area contributed by atoms with Crippen LogP contribution in [0.25, 0.3) is 0 Å². The highest BCUT2D eigenvalue weighted by molar-refractivity contribution is 9.10. The molecule has 0 N–H and O–H groups in total. The number of hydrogen-bond donors (Lipinski definition) is 0. The van der Waals surface area contributed by atoms with Crippen LogP contribution in [0, 0.1) is 12.8 Å². The van der Waals surface area contributed by atoms with Gasteiger partial charge in [0.2, 0.25) is 5.91 Å². The Bertz CT molecular complexity index is 400. The lowest BCUT2D eigenvalue weighted by molar-refractivity contribution is -0.131. The first kappa shape index (κ1) is 16.2. The smallest absolute Gasteiger partial charge is 0.236 e. The summed E-state index contributed by atoms with van der Waals surface area (Å²) in [6, 6.07) is 8.39. The maximum absolute atomic E-state index is 12.4. The van der Waals surface area contributed by atoms with Crippen molar-refractivity contribution in [2.24, 2.45) is 5.92 Å². The van der Waals surface area contributed by atoms with Crippen molar-refractivity contribution in [3.63, 3.8) is 0 Å². The first-order chi connectivity index (χ1) is 8.95. The fourth-order valence-corrected chi connectivity index (χ4v) is 2.20. The highest BCUT2D eigenvalue weighted by Crippen LogP contribution is 2.17. The molecule has 0 bridgehead atoms. The average Bonchev–Trinajstić information content (AvgIpc) is 2.39. The molecule has 19 heavy (non-hydrogen) atoms. The van der Waals surface area contributed by atoms with Crippen molar-refractivity contribution in [1.82, 2.24) is 4.90 Å². The minimum atomic E-state index is -0.0931. The van der Waals surface area contributed by atoms with Gasteiger partial charge in [0, 0.05) is 13.1 Å². The molecule has 1 unspecified atom stereocenters. The van der Waals surface area contributed by atoms with E-state index in [2.05, 4.69) is 67.9 Å². The molecule has 0 fully saturated rings. The fraction of sp³-hybridized carbons (Fsp3) is 0.562. The quantitative estimate of drug-likeness (QED) is 0.719. The number of alkyl halides is 1. The van der Waals surface area contributed by atoms with E-state index in [1.807, 2.05) is 4.90 Å². The van der Waals surface area contributed by atoms with Crippen molar-refractivity contribution in [2.75, 3.05) is 6.54 Å². The van der Waals surface area contributed by atoms with Crippen LogP contribution in [0.15, 0.2) is 24.3 Å². The van der Waals surface area contributed by atoms with E-state index in [0.29, 0.717) is 12.5 Å². The molecule has 0 aromatic heterocycles. The first-order valence-corrected chi connectivity index (χ1v) is 7.85. The Labute approximate surface area is 125 Å². The normalized spacial score (nSPS) is 12.5. The topological polar surface area (TPSA) is 20.3 Å². The summed E-state index contributed by atoms with van der Waals surface area (Å²) in [6.45, 7) is 9.81. The molecule has 0 aliphatic rings. The van der Waals surface area contributed by atoms with E-state index in [9.17, 15) is 4.79 Å². The van der Waals surface area contributed by atoms with Crippen LogP contribution in [0.4, 0.5) is 0 Å². The van der Waals surface area contributed by atoms with E-state index in [1.165, 1.54) is 11.1 Å². The Morgan fingerprint density at radius 1 is 1.26 bits per heavy atom. The van der Waals surface area contributed by atoms with Crippen molar-refractivity contribution in [2.45, 2.75) is 45.5 Å². The number of aryl methyl sites for hydroxylation is 1. The van der Waals surface area contributed by atoms with Crippen molar-refractivity contribution >= 4 is 21.8 Å². The Balaban J connectivity index is 2.77. The van der Waals surface area contributed by atoms with Crippen LogP contribution < -0.4 is 0 Å². The van der Waals surface area contributed by atoms with Crippen LogP contribution in [-0.2, 0) is 11.3 Å². The number of amides is 1. The van der Waals surface area contributed by atoms with Crippen molar-refractivity contribution in [1.29, 1.82) is 0 Å². The molecule has 0 saturated heterocycles. The molecule has 0 aliphatic carbocycles. The monoisotopic (exact) mass is 325 g/mol. The number of carbonyl (C=O) groups is 1. The molecule has 1 aromatic rings. The predicted octanol–water partition coefficient (Wildman–Crippen LogP) is 4.15. The van der Waals surface area contributed by atoms with Gasteiger partial charge in [0.1, 0.15) is 0 Å². The van der Waals surface area contributed by atoms with E-state index in [0.717, 1.165) is 13.0 Å². The van der Waals surface area contributed by atoms with Gasteiger partial charge in [-0.25, -0.2) is 0 Å². The van der Waals surface area contributed by atoms with Gasteiger partial charge in [-0.2, -0.15) is 0 Å². The summed E-state index contributed by atoms with van der Waals surface area (Å²) in [6.07, 6.45) is 0.982. The molecule has 0 radical (unpaired) electrons. The van der Waals surface area contributed by atoms with Crippen LogP contribution in [0.2, 0.25) is 0 Å². The zero-order valence-electron chi connectivity index (χ0n) is 12.3. The van der Waals surface area contributed by atoms with E-state index < -0.39 is 0 Å². The van der Waals surface area contributed by atoms with Gasteiger partial charge in [0.05, 0.1) is 4.83 Å². The number of hydrogen-bond acceptors (Lipinski definition) is 1. The Morgan fingerprint density at radius 3 is 2.32 bits per heavy atom.